The first-order valence-electron chi connectivity index (χ1n) is 6.19. The Morgan fingerprint density at radius 1 is 1.44 bits per heavy atom. The van der Waals surface area contributed by atoms with Gasteiger partial charge in [-0.1, -0.05) is 25.8 Å². The molecular weight excluding hydrogens is 202 g/mol. The average molecular weight is 225 g/mol. The second-order valence-corrected chi connectivity index (χ2v) is 4.84. The van der Waals surface area contributed by atoms with Gasteiger partial charge in [0.2, 0.25) is 5.91 Å². The lowest BCUT2D eigenvalue weighted by Gasteiger charge is -2.26. The number of carbonyl (C=O) groups is 1. The van der Waals surface area contributed by atoms with Crippen LogP contribution in [0.2, 0.25) is 0 Å². The molecule has 0 radical (unpaired) electrons. The van der Waals surface area contributed by atoms with Crippen LogP contribution in [-0.2, 0) is 4.79 Å². The third-order valence-corrected chi connectivity index (χ3v) is 3.49. The molecule has 1 aliphatic carbocycles. The highest BCUT2D eigenvalue weighted by Crippen LogP contribution is 2.36. The van der Waals surface area contributed by atoms with E-state index < -0.39 is 0 Å². The monoisotopic (exact) mass is 225 g/mol. The van der Waals surface area contributed by atoms with Crippen LogP contribution >= 0.6 is 0 Å². The molecule has 16 heavy (non-hydrogen) atoms. The normalized spacial score (nSPS) is 19.8. The lowest BCUT2D eigenvalue weighted by molar-refractivity contribution is -0.118. The molecule has 3 nitrogen and oxygen atoms in total. The van der Waals surface area contributed by atoms with E-state index >= 15 is 0 Å². The second-order valence-electron chi connectivity index (χ2n) is 4.84. The van der Waals surface area contributed by atoms with Crippen molar-refractivity contribution in [3.8, 4) is 0 Å². The van der Waals surface area contributed by atoms with E-state index in [0.29, 0.717) is 6.54 Å². The maximum Gasteiger partial charge on any atom is 0.246 e. The lowest BCUT2D eigenvalue weighted by atomic mass is 9.87. The molecule has 1 fully saturated rings. The topological polar surface area (TPSA) is 49.3 Å². The number of carbonyl (C=O) groups excluding carboxylic acids is 1. The van der Waals surface area contributed by atoms with Gasteiger partial charge in [-0.05, 0) is 26.2 Å². The van der Waals surface area contributed by atoms with Crippen LogP contribution in [0.1, 0.15) is 46.0 Å². The molecule has 92 valence electrons. The van der Waals surface area contributed by atoms with E-state index in [9.17, 15) is 9.90 Å². The number of amides is 1. The summed E-state index contributed by atoms with van der Waals surface area (Å²) in [4.78, 5) is 11.7. The fourth-order valence-corrected chi connectivity index (χ4v) is 2.32. The van der Waals surface area contributed by atoms with Crippen molar-refractivity contribution in [1.82, 2.24) is 5.32 Å². The van der Waals surface area contributed by atoms with E-state index in [1.54, 1.807) is 0 Å². The van der Waals surface area contributed by atoms with Crippen molar-refractivity contribution in [2.45, 2.75) is 46.0 Å². The molecule has 1 amide bonds. The van der Waals surface area contributed by atoms with Gasteiger partial charge in [-0.2, -0.15) is 0 Å². The number of rotatable bonds is 5. The summed E-state index contributed by atoms with van der Waals surface area (Å²) in [5.41, 5.74) is 0.718. The molecule has 0 atom stereocenters. The van der Waals surface area contributed by atoms with Crippen LogP contribution in [0.3, 0.4) is 0 Å². The molecular formula is C13H23NO2. The van der Waals surface area contributed by atoms with Crippen molar-refractivity contribution in [2.24, 2.45) is 5.41 Å². The SMILES string of the molecule is CC/C=C(/C)C(=O)NCC1(CO)CCCC1. The zero-order valence-electron chi connectivity index (χ0n) is 10.4. The number of nitrogens with one attached hydrogen (secondary N) is 1. The van der Waals surface area contributed by atoms with Crippen LogP contribution in [-0.4, -0.2) is 24.2 Å². The second kappa shape index (κ2) is 6.04. The maximum atomic E-state index is 11.7. The predicted octanol–water partition coefficient (Wildman–Crippen LogP) is 2.01. The van der Waals surface area contributed by atoms with Crippen LogP contribution in [0, 0.1) is 5.41 Å². The molecule has 0 unspecified atom stereocenters. The Morgan fingerprint density at radius 2 is 2.06 bits per heavy atom. The number of aliphatic hydroxyl groups excluding tert-OH is 1. The minimum Gasteiger partial charge on any atom is -0.396 e. The van der Waals surface area contributed by atoms with E-state index in [2.05, 4.69) is 5.32 Å². The smallest absolute Gasteiger partial charge is 0.246 e. The largest absolute Gasteiger partial charge is 0.396 e. The fourth-order valence-electron chi connectivity index (χ4n) is 2.32. The lowest BCUT2D eigenvalue weighted by Crippen LogP contribution is -2.38. The van der Waals surface area contributed by atoms with Crippen LogP contribution in [0.5, 0.6) is 0 Å². The highest BCUT2D eigenvalue weighted by atomic mass is 16.3. The van der Waals surface area contributed by atoms with Gasteiger partial charge < -0.3 is 10.4 Å². The van der Waals surface area contributed by atoms with Crippen LogP contribution in [0.25, 0.3) is 0 Å². The zero-order valence-corrected chi connectivity index (χ0v) is 10.4. The van der Waals surface area contributed by atoms with Gasteiger partial charge in [0.1, 0.15) is 0 Å². The Balaban J connectivity index is 2.44. The van der Waals surface area contributed by atoms with Crippen molar-refractivity contribution in [3.05, 3.63) is 11.6 Å². The number of allylic oxidation sites excluding steroid dienone is 1. The fraction of sp³-hybridized carbons (Fsp3) is 0.769. The summed E-state index contributed by atoms with van der Waals surface area (Å²) in [6.45, 7) is 4.64. The highest BCUT2D eigenvalue weighted by molar-refractivity contribution is 5.92. The van der Waals surface area contributed by atoms with E-state index in [1.807, 2.05) is 19.9 Å². The van der Waals surface area contributed by atoms with E-state index in [-0.39, 0.29) is 17.9 Å². The molecule has 0 aromatic heterocycles. The highest BCUT2D eigenvalue weighted by Gasteiger charge is 2.33. The summed E-state index contributed by atoms with van der Waals surface area (Å²) >= 11 is 0. The van der Waals surface area contributed by atoms with Gasteiger partial charge in [0.05, 0.1) is 6.61 Å². The van der Waals surface area contributed by atoms with Gasteiger partial charge in [-0.25, -0.2) is 0 Å². The third kappa shape index (κ3) is 3.34. The van der Waals surface area contributed by atoms with Gasteiger partial charge in [-0.15, -0.1) is 0 Å². The molecule has 1 saturated carbocycles. The molecule has 2 N–H and O–H groups in total. The summed E-state index contributed by atoms with van der Waals surface area (Å²) in [6.07, 6.45) is 7.20. The molecule has 0 saturated heterocycles. The Hall–Kier alpha value is -0.830. The van der Waals surface area contributed by atoms with E-state index in [0.717, 1.165) is 24.8 Å². The summed E-state index contributed by atoms with van der Waals surface area (Å²) in [7, 11) is 0. The van der Waals surface area contributed by atoms with Crippen LogP contribution < -0.4 is 5.32 Å². The first-order chi connectivity index (χ1) is 7.63. The van der Waals surface area contributed by atoms with Crippen LogP contribution in [0.4, 0.5) is 0 Å². The van der Waals surface area contributed by atoms with Gasteiger partial charge in [0.25, 0.3) is 0 Å². The molecule has 0 aromatic carbocycles. The summed E-state index contributed by atoms with van der Waals surface area (Å²) in [5, 5.41) is 12.3. The van der Waals surface area contributed by atoms with Crippen LogP contribution in [0.15, 0.2) is 11.6 Å². The van der Waals surface area contributed by atoms with Crippen molar-refractivity contribution >= 4 is 5.91 Å². The molecule has 0 bridgehead atoms. The molecule has 0 aliphatic heterocycles. The minimum absolute atomic E-state index is 0.00146. The molecule has 0 heterocycles. The maximum absolute atomic E-state index is 11.7. The van der Waals surface area contributed by atoms with Crippen molar-refractivity contribution in [1.29, 1.82) is 0 Å². The first-order valence-corrected chi connectivity index (χ1v) is 6.19. The quantitative estimate of drug-likeness (QED) is 0.703. The van der Waals surface area contributed by atoms with Crippen molar-refractivity contribution in [2.75, 3.05) is 13.2 Å². The minimum atomic E-state index is -0.0534. The van der Waals surface area contributed by atoms with Gasteiger partial charge in [-0.3, -0.25) is 4.79 Å². The average Bonchev–Trinajstić information content (AvgIpc) is 2.75. The Morgan fingerprint density at radius 3 is 2.56 bits per heavy atom. The zero-order chi connectivity index (χ0) is 12.0. The van der Waals surface area contributed by atoms with Gasteiger partial charge in [0, 0.05) is 17.5 Å². The number of hydrogen-bond acceptors (Lipinski definition) is 2. The predicted molar refractivity (Wildman–Crippen MR) is 65.0 cm³/mol. The van der Waals surface area contributed by atoms with Crippen molar-refractivity contribution in [3.63, 3.8) is 0 Å². The Bertz CT molecular complexity index is 265. The van der Waals surface area contributed by atoms with Crippen molar-refractivity contribution < 1.29 is 9.90 Å². The molecule has 0 aromatic rings. The molecule has 3 heteroatoms. The summed E-state index contributed by atoms with van der Waals surface area (Å²) in [6, 6.07) is 0. The Labute approximate surface area is 97.9 Å². The molecule has 1 rings (SSSR count). The summed E-state index contributed by atoms with van der Waals surface area (Å²) < 4.78 is 0. The van der Waals surface area contributed by atoms with Gasteiger partial charge in [0.15, 0.2) is 0 Å². The first kappa shape index (κ1) is 13.2. The Kier molecular flexibility index (Phi) is 5.00. The molecule has 0 spiro atoms. The molecule has 1 aliphatic rings. The van der Waals surface area contributed by atoms with E-state index in [1.165, 1.54) is 12.8 Å². The summed E-state index contributed by atoms with van der Waals surface area (Å²) in [5.74, 6) is 0.00146. The van der Waals surface area contributed by atoms with E-state index in [4.69, 9.17) is 0 Å². The standard InChI is InChI=1S/C13H23NO2/c1-3-6-11(2)12(16)14-9-13(10-15)7-4-5-8-13/h6,15H,3-5,7-10H2,1-2H3,(H,14,16)/b11-6-. The number of aliphatic hydroxyl groups is 1. The number of hydrogen-bond donors (Lipinski definition) is 2. The van der Waals surface area contributed by atoms with Gasteiger partial charge >= 0.3 is 0 Å². The third-order valence-electron chi connectivity index (χ3n) is 3.49.